The van der Waals surface area contributed by atoms with Gasteiger partial charge in [-0.25, -0.2) is 4.98 Å². The van der Waals surface area contributed by atoms with Crippen LogP contribution >= 0.6 is 31.9 Å². The lowest BCUT2D eigenvalue weighted by Crippen LogP contribution is -2.11. The summed E-state index contributed by atoms with van der Waals surface area (Å²) in [5.74, 6) is -0.139. The van der Waals surface area contributed by atoms with Crippen molar-refractivity contribution in [2.24, 2.45) is 0 Å². The van der Waals surface area contributed by atoms with E-state index in [4.69, 9.17) is 0 Å². The molecule has 1 aromatic carbocycles. The van der Waals surface area contributed by atoms with Gasteiger partial charge in [-0.15, -0.1) is 0 Å². The van der Waals surface area contributed by atoms with E-state index in [-0.39, 0.29) is 5.91 Å². The number of benzene rings is 1. The minimum Gasteiger partial charge on any atom is -0.321 e. The standard InChI is InChI=1S/C13H10Br2N2O/c14-7-9-1-3-10(4-2-9)13(18)17-11-5-6-12(15)16-8-11/h1-6,8H,7H2,(H,17,18). The molecule has 92 valence electrons. The Morgan fingerprint density at radius 2 is 1.89 bits per heavy atom. The lowest BCUT2D eigenvalue weighted by atomic mass is 10.1. The number of alkyl halides is 1. The highest BCUT2D eigenvalue weighted by Crippen LogP contribution is 2.13. The zero-order chi connectivity index (χ0) is 13.0. The highest BCUT2D eigenvalue weighted by Gasteiger charge is 2.05. The molecule has 0 atom stereocenters. The van der Waals surface area contributed by atoms with Crippen molar-refractivity contribution in [3.63, 3.8) is 0 Å². The molecule has 0 fully saturated rings. The van der Waals surface area contributed by atoms with Gasteiger partial charge in [-0.05, 0) is 45.8 Å². The Morgan fingerprint density at radius 1 is 1.17 bits per heavy atom. The van der Waals surface area contributed by atoms with Gasteiger partial charge in [-0.3, -0.25) is 4.79 Å². The second-order valence-corrected chi connectivity index (χ2v) is 5.03. The molecule has 0 aliphatic rings. The van der Waals surface area contributed by atoms with Crippen molar-refractivity contribution in [2.75, 3.05) is 5.32 Å². The monoisotopic (exact) mass is 368 g/mol. The van der Waals surface area contributed by atoms with E-state index < -0.39 is 0 Å². The van der Waals surface area contributed by atoms with Gasteiger partial charge in [0.2, 0.25) is 0 Å². The number of nitrogens with zero attached hydrogens (tertiary/aromatic N) is 1. The van der Waals surface area contributed by atoms with E-state index in [1.54, 1.807) is 30.5 Å². The zero-order valence-corrected chi connectivity index (χ0v) is 12.5. The topological polar surface area (TPSA) is 42.0 Å². The summed E-state index contributed by atoms with van der Waals surface area (Å²) < 4.78 is 0.738. The minimum absolute atomic E-state index is 0.139. The molecule has 0 saturated carbocycles. The highest BCUT2D eigenvalue weighted by atomic mass is 79.9. The van der Waals surface area contributed by atoms with Crippen molar-refractivity contribution in [3.8, 4) is 0 Å². The van der Waals surface area contributed by atoms with Gasteiger partial charge in [-0.2, -0.15) is 0 Å². The number of aromatic nitrogens is 1. The van der Waals surface area contributed by atoms with Crippen LogP contribution in [0.1, 0.15) is 15.9 Å². The summed E-state index contributed by atoms with van der Waals surface area (Å²) in [4.78, 5) is 16.0. The maximum Gasteiger partial charge on any atom is 0.255 e. The average molecular weight is 370 g/mol. The van der Waals surface area contributed by atoms with Crippen LogP contribution in [0.2, 0.25) is 0 Å². The molecule has 0 bridgehead atoms. The smallest absolute Gasteiger partial charge is 0.255 e. The van der Waals surface area contributed by atoms with E-state index >= 15 is 0 Å². The Labute approximate surface area is 122 Å². The first-order valence-electron chi connectivity index (χ1n) is 5.27. The fourth-order valence-electron chi connectivity index (χ4n) is 1.40. The third-order valence-corrected chi connectivity index (χ3v) is 3.47. The number of hydrogen-bond donors (Lipinski definition) is 1. The maximum atomic E-state index is 11.9. The summed E-state index contributed by atoms with van der Waals surface area (Å²) in [7, 11) is 0. The molecule has 1 amide bonds. The minimum atomic E-state index is -0.139. The van der Waals surface area contributed by atoms with Crippen molar-refractivity contribution in [3.05, 3.63) is 58.3 Å². The predicted molar refractivity (Wildman–Crippen MR) is 79.0 cm³/mol. The number of hydrogen-bond acceptors (Lipinski definition) is 2. The molecule has 2 rings (SSSR count). The number of rotatable bonds is 3. The molecular weight excluding hydrogens is 360 g/mol. The average Bonchev–Trinajstić information content (AvgIpc) is 2.41. The third-order valence-electron chi connectivity index (χ3n) is 2.36. The molecule has 0 radical (unpaired) electrons. The van der Waals surface area contributed by atoms with Crippen LogP contribution in [0.3, 0.4) is 0 Å². The Balaban J connectivity index is 2.09. The number of carbonyl (C=O) groups excluding carboxylic acids is 1. The number of anilines is 1. The molecule has 1 aromatic heterocycles. The van der Waals surface area contributed by atoms with E-state index in [2.05, 4.69) is 42.2 Å². The van der Waals surface area contributed by atoms with Crippen LogP contribution < -0.4 is 5.32 Å². The van der Waals surface area contributed by atoms with Crippen LogP contribution in [0.5, 0.6) is 0 Å². The summed E-state index contributed by atoms with van der Waals surface area (Å²) in [6, 6.07) is 11.0. The van der Waals surface area contributed by atoms with Crippen molar-refractivity contribution in [2.45, 2.75) is 5.33 Å². The number of carbonyl (C=O) groups is 1. The second kappa shape index (κ2) is 6.11. The van der Waals surface area contributed by atoms with Crippen LogP contribution in [0, 0.1) is 0 Å². The van der Waals surface area contributed by atoms with Gasteiger partial charge in [0.1, 0.15) is 4.60 Å². The fraction of sp³-hybridized carbons (Fsp3) is 0.0769. The summed E-state index contributed by atoms with van der Waals surface area (Å²) >= 11 is 6.61. The van der Waals surface area contributed by atoms with Crippen LogP contribution in [0.25, 0.3) is 0 Å². The van der Waals surface area contributed by atoms with Crippen molar-refractivity contribution in [1.29, 1.82) is 0 Å². The van der Waals surface area contributed by atoms with Gasteiger partial charge < -0.3 is 5.32 Å². The van der Waals surface area contributed by atoms with Crippen LogP contribution in [-0.2, 0) is 5.33 Å². The Kier molecular flexibility index (Phi) is 4.49. The van der Waals surface area contributed by atoms with Crippen molar-refractivity contribution in [1.82, 2.24) is 4.98 Å². The normalized spacial score (nSPS) is 10.1. The summed E-state index contributed by atoms with van der Waals surface area (Å²) in [6.45, 7) is 0. The third kappa shape index (κ3) is 3.40. The number of halogens is 2. The van der Waals surface area contributed by atoms with Gasteiger partial charge in [0.05, 0.1) is 11.9 Å². The molecule has 3 nitrogen and oxygen atoms in total. The second-order valence-electron chi connectivity index (χ2n) is 3.65. The van der Waals surface area contributed by atoms with Crippen LogP contribution in [0.15, 0.2) is 47.2 Å². The number of amides is 1. The van der Waals surface area contributed by atoms with Gasteiger partial charge in [0, 0.05) is 10.9 Å². The molecule has 18 heavy (non-hydrogen) atoms. The molecule has 0 spiro atoms. The Bertz CT molecular complexity index is 538. The van der Waals surface area contributed by atoms with E-state index in [1.807, 2.05) is 12.1 Å². The van der Waals surface area contributed by atoms with Gasteiger partial charge >= 0.3 is 0 Å². The fourth-order valence-corrected chi connectivity index (χ4v) is 2.01. The molecule has 0 unspecified atom stereocenters. The largest absolute Gasteiger partial charge is 0.321 e. The van der Waals surface area contributed by atoms with Crippen molar-refractivity contribution < 1.29 is 4.79 Å². The molecule has 0 saturated heterocycles. The summed E-state index contributed by atoms with van der Waals surface area (Å²) in [5.41, 5.74) is 2.44. The molecule has 1 heterocycles. The SMILES string of the molecule is O=C(Nc1ccc(Br)nc1)c1ccc(CBr)cc1. The molecule has 0 aliphatic heterocycles. The van der Waals surface area contributed by atoms with Crippen molar-refractivity contribution >= 4 is 43.5 Å². The van der Waals surface area contributed by atoms with E-state index in [1.165, 1.54) is 0 Å². The number of pyridine rings is 1. The molecule has 1 N–H and O–H groups in total. The lowest BCUT2D eigenvalue weighted by Gasteiger charge is -2.05. The Hall–Kier alpha value is -1.20. The highest BCUT2D eigenvalue weighted by molar-refractivity contribution is 9.10. The summed E-state index contributed by atoms with van der Waals surface area (Å²) in [5, 5.41) is 3.57. The first-order valence-corrected chi connectivity index (χ1v) is 7.18. The quantitative estimate of drug-likeness (QED) is 0.656. The first-order chi connectivity index (χ1) is 8.69. The predicted octanol–water partition coefficient (Wildman–Crippen LogP) is 3.99. The van der Waals surface area contributed by atoms with Gasteiger partial charge in [0.25, 0.3) is 5.91 Å². The Morgan fingerprint density at radius 3 is 2.44 bits per heavy atom. The maximum absolute atomic E-state index is 11.9. The molecule has 0 aliphatic carbocycles. The van der Waals surface area contributed by atoms with Gasteiger partial charge in [-0.1, -0.05) is 28.1 Å². The molecule has 5 heteroatoms. The van der Waals surface area contributed by atoms with Crippen LogP contribution in [-0.4, -0.2) is 10.9 Å². The van der Waals surface area contributed by atoms with E-state index in [0.717, 1.165) is 15.5 Å². The molecule has 2 aromatic rings. The summed E-state index contributed by atoms with van der Waals surface area (Å²) in [6.07, 6.45) is 1.61. The van der Waals surface area contributed by atoms with Gasteiger partial charge in [0.15, 0.2) is 0 Å². The number of nitrogens with one attached hydrogen (secondary N) is 1. The van der Waals surface area contributed by atoms with E-state index in [0.29, 0.717) is 11.3 Å². The lowest BCUT2D eigenvalue weighted by molar-refractivity contribution is 0.102. The van der Waals surface area contributed by atoms with Crippen LogP contribution in [0.4, 0.5) is 5.69 Å². The van der Waals surface area contributed by atoms with E-state index in [9.17, 15) is 4.79 Å². The first kappa shape index (κ1) is 13.2. The zero-order valence-electron chi connectivity index (χ0n) is 9.36. The molecular formula is C13H10Br2N2O.